The Morgan fingerprint density at radius 3 is 2.66 bits per heavy atom. The van der Waals surface area contributed by atoms with Gasteiger partial charge in [-0.1, -0.05) is 66.4 Å². The van der Waals surface area contributed by atoms with Gasteiger partial charge in [0.05, 0.1) is 19.4 Å². The second-order valence-corrected chi connectivity index (χ2v) is 10.0. The predicted molar refractivity (Wildman–Crippen MR) is 153 cm³/mol. The van der Waals surface area contributed by atoms with E-state index < -0.39 is 0 Å². The average molecular weight is 525 g/mol. The minimum absolute atomic E-state index is 0.106. The predicted octanol–water partition coefficient (Wildman–Crippen LogP) is 5.80. The van der Waals surface area contributed by atoms with E-state index in [-0.39, 0.29) is 17.2 Å². The number of H-pyrrole nitrogens is 1. The summed E-state index contributed by atoms with van der Waals surface area (Å²) in [7, 11) is 1.61. The van der Waals surface area contributed by atoms with Gasteiger partial charge in [-0.2, -0.15) is 0 Å². The molecule has 5 rings (SSSR count). The highest BCUT2D eigenvalue weighted by molar-refractivity contribution is 7.99. The molecule has 7 nitrogen and oxygen atoms in total. The van der Waals surface area contributed by atoms with Gasteiger partial charge in [0, 0.05) is 17.4 Å². The largest absolute Gasteiger partial charge is 0.497 e. The van der Waals surface area contributed by atoms with Crippen LogP contribution in [-0.4, -0.2) is 33.3 Å². The lowest BCUT2D eigenvalue weighted by molar-refractivity contribution is -0.113. The standard InChI is InChI=1S/C30H28N4O3S/c1-19-12-13-20(2)25(14-19)32-26(35)18-38-30-33-27-24(22-9-5-4-6-10-22)16-31-28(27)29(36)34(30)17-21-8-7-11-23(15-21)37-3/h4-16,31H,17-18H2,1-3H3,(H,32,35). The number of nitrogens with zero attached hydrogens (tertiary/aromatic N) is 2. The molecule has 0 aliphatic carbocycles. The van der Waals surface area contributed by atoms with Crippen LogP contribution >= 0.6 is 11.8 Å². The van der Waals surface area contributed by atoms with Gasteiger partial charge in [-0.3, -0.25) is 14.2 Å². The number of ether oxygens (including phenoxy) is 1. The summed E-state index contributed by atoms with van der Waals surface area (Å²) >= 11 is 1.24. The molecule has 3 aromatic carbocycles. The SMILES string of the molecule is COc1cccc(Cn2c(SCC(=O)Nc3cc(C)ccc3C)nc3c(-c4ccccc4)c[nH]c3c2=O)c1. The maximum absolute atomic E-state index is 13.7. The van der Waals surface area contributed by atoms with Crippen molar-refractivity contribution in [2.24, 2.45) is 0 Å². The lowest BCUT2D eigenvalue weighted by Crippen LogP contribution is -2.25. The van der Waals surface area contributed by atoms with Gasteiger partial charge in [0.2, 0.25) is 5.91 Å². The van der Waals surface area contributed by atoms with Gasteiger partial charge in [-0.15, -0.1) is 0 Å². The number of hydrogen-bond acceptors (Lipinski definition) is 5. The zero-order valence-corrected chi connectivity index (χ0v) is 22.3. The van der Waals surface area contributed by atoms with Gasteiger partial charge in [0.15, 0.2) is 5.16 Å². The van der Waals surface area contributed by atoms with Gasteiger partial charge in [-0.05, 0) is 54.3 Å². The molecule has 2 N–H and O–H groups in total. The van der Waals surface area contributed by atoms with E-state index in [4.69, 9.17) is 9.72 Å². The molecule has 2 aromatic heterocycles. The van der Waals surface area contributed by atoms with Crippen molar-refractivity contribution in [1.82, 2.24) is 14.5 Å². The Bertz CT molecular complexity index is 1670. The summed E-state index contributed by atoms with van der Waals surface area (Å²) in [6.07, 6.45) is 1.81. The molecule has 0 saturated carbocycles. The number of carbonyl (C=O) groups is 1. The van der Waals surface area contributed by atoms with E-state index in [1.807, 2.05) is 92.8 Å². The van der Waals surface area contributed by atoms with Crippen molar-refractivity contribution in [1.29, 1.82) is 0 Å². The minimum Gasteiger partial charge on any atom is -0.497 e. The summed E-state index contributed by atoms with van der Waals surface area (Å²) in [5, 5.41) is 3.46. The first-order chi connectivity index (χ1) is 18.4. The Kier molecular flexibility index (Phi) is 7.33. The second kappa shape index (κ2) is 11.0. The number of nitrogens with one attached hydrogen (secondary N) is 2. The molecule has 192 valence electrons. The lowest BCUT2D eigenvalue weighted by Gasteiger charge is -2.14. The van der Waals surface area contributed by atoms with E-state index in [0.717, 1.165) is 33.5 Å². The van der Waals surface area contributed by atoms with E-state index in [2.05, 4.69) is 10.3 Å². The Labute approximate surface area is 224 Å². The summed E-state index contributed by atoms with van der Waals surface area (Å²) in [4.78, 5) is 34.7. The van der Waals surface area contributed by atoms with Crippen LogP contribution in [0.5, 0.6) is 5.75 Å². The summed E-state index contributed by atoms with van der Waals surface area (Å²) in [5.41, 5.74) is 6.34. The van der Waals surface area contributed by atoms with Crippen LogP contribution in [0.25, 0.3) is 22.2 Å². The maximum Gasteiger partial charge on any atom is 0.278 e. The quantitative estimate of drug-likeness (QED) is 0.198. The van der Waals surface area contributed by atoms with Crippen LogP contribution in [0.3, 0.4) is 0 Å². The number of hydrogen-bond donors (Lipinski definition) is 2. The summed E-state index contributed by atoms with van der Waals surface area (Å²) in [5.74, 6) is 0.649. The molecule has 0 saturated heterocycles. The Morgan fingerprint density at radius 2 is 1.87 bits per heavy atom. The number of methoxy groups -OCH3 is 1. The highest BCUT2D eigenvalue weighted by Crippen LogP contribution is 2.28. The van der Waals surface area contributed by atoms with E-state index in [9.17, 15) is 9.59 Å². The molecule has 8 heteroatoms. The number of aromatic amines is 1. The molecule has 0 fully saturated rings. The van der Waals surface area contributed by atoms with Crippen LogP contribution in [0, 0.1) is 13.8 Å². The fraction of sp³-hybridized carbons (Fsp3) is 0.167. The van der Waals surface area contributed by atoms with Crippen molar-refractivity contribution in [3.8, 4) is 16.9 Å². The third-order valence-corrected chi connectivity index (χ3v) is 7.29. The molecule has 38 heavy (non-hydrogen) atoms. The molecule has 0 aliphatic rings. The first-order valence-electron chi connectivity index (χ1n) is 12.2. The van der Waals surface area contributed by atoms with Crippen LogP contribution in [0.1, 0.15) is 16.7 Å². The normalized spacial score (nSPS) is 11.0. The highest BCUT2D eigenvalue weighted by atomic mass is 32.2. The van der Waals surface area contributed by atoms with Gasteiger partial charge in [0.25, 0.3) is 5.56 Å². The number of fused-ring (bicyclic) bond motifs is 1. The number of amides is 1. The number of thioether (sulfide) groups is 1. The van der Waals surface area contributed by atoms with Crippen molar-refractivity contribution in [2.75, 3.05) is 18.2 Å². The van der Waals surface area contributed by atoms with Gasteiger partial charge < -0.3 is 15.0 Å². The second-order valence-electron chi connectivity index (χ2n) is 9.08. The highest BCUT2D eigenvalue weighted by Gasteiger charge is 2.18. The van der Waals surface area contributed by atoms with Crippen molar-refractivity contribution >= 4 is 34.4 Å². The average Bonchev–Trinajstić information content (AvgIpc) is 3.36. The van der Waals surface area contributed by atoms with E-state index in [1.165, 1.54) is 11.8 Å². The first kappa shape index (κ1) is 25.4. The van der Waals surface area contributed by atoms with E-state index in [0.29, 0.717) is 28.5 Å². The van der Waals surface area contributed by atoms with Crippen molar-refractivity contribution in [2.45, 2.75) is 25.5 Å². The zero-order chi connectivity index (χ0) is 26.6. The first-order valence-corrected chi connectivity index (χ1v) is 13.2. The van der Waals surface area contributed by atoms with E-state index >= 15 is 0 Å². The number of rotatable bonds is 8. The van der Waals surface area contributed by atoms with Crippen molar-refractivity contribution < 1.29 is 9.53 Å². The molecule has 1 amide bonds. The summed E-state index contributed by atoms with van der Waals surface area (Å²) in [6.45, 7) is 4.24. The summed E-state index contributed by atoms with van der Waals surface area (Å²) in [6, 6.07) is 23.3. The third kappa shape index (κ3) is 5.35. The monoisotopic (exact) mass is 524 g/mol. The molecule has 0 aliphatic heterocycles. The fourth-order valence-electron chi connectivity index (χ4n) is 4.30. The number of carbonyl (C=O) groups excluding carboxylic acids is 1. The molecule has 0 bridgehead atoms. The number of benzene rings is 3. The number of aromatic nitrogens is 3. The minimum atomic E-state index is -0.197. The van der Waals surface area contributed by atoms with Gasteiger partial charge in [-0.25, -0.2) is 4.98 Å². The van der Waals surface area contributed by atoms with Crippen LogP contribution in [0.2, 0.25) is 0 Å². The molecule has 0 atom stereocenters. The molecule has 5 aromatic rings. The van der Waals surface area contributed by atoms with Gasteiger partial charge in [0.1, 0.15) is 16.8 Å². The molecular formula is C30H28N4O3S. The van der Waals surface area contributed by atoms with Crippen molar-refractivity contribution in [3.05, 3.63) is 106 Å². The molecule has 0 radical (unpaired) electrons. The molecule has 0 unspecified atom stereocenters. The Balaban J connectivity index is 1.51. The van der Waals surface area contributed by atoms with Gasteiger partial charge >= 0.3 is 0 Å². The van der Waals surface area contributed by atoms with Crippen LogP contribution in [0.4, 0.5) is 5.69 Å². The van der Waals surface area contributed by atoms with E-state index in [1.54, 1.807) is 11.7 Å². The zero-order valence-electron chi connectivity index (χ0n) is 21.4. The summed E-state index contributed by atoms with van der Waals surface area (Å²) < 4.78 is 6.97. The van der Waals surface area contributed by atoms with Crippen LogP contribution < -0.4 is 15.6 Å². The maximum atomic E-state index is 13.7. The third-order valence-electron chi connectivity index (χ3n) is 6.31. The topological polar surface area (TPSA) is 89.0 Å². The fourth-order valence-corrected chi connectivity index (χ4v) is 5.09. The lowest BCUT2D eigenvalue weighted by atomic mass is 10.1. The molecular weight excluding hydrogens is 496 g/mol. The molecule has 0 spiro atoms. The smallest absolute Gasteiger partial charge is 0.278 e. The number of anilines is 1. The Hall–Kier alpha value is -4.30. The number of aryl methyl sites for hydroxylation is 2. The van der Waals surface area contributed by atoms with Crippen LogP contribution in [0.15, 0.2) is 88.9 Å². The Morgan fingerprint density at radius 1 is 1.05 bits per heavy atom. The molecule has 2 heterocycles. The van der Waals surface area contributed by atoms with Crippen LogP contribution in [-0.2, 0) is 11.3 Å². The van der Waals surface area contributed by atoms with Crippen molar-refractivity contribution in [3.63, 3.8) is 0 Å².